The summed E-state index contributed by atoms with van der Waals surface area (Å²) >= 11 is 0. The normalized spacial score (nSPS) is 15.7. The highest BCUT2D eigenvalue weighted by Gasteiger charge is 2.34. The maximum atomic E-state index is 13.9. The van der Waals surface area contributed by atoms with Crippen molar-refractivity contribution in [3.8, 4) is 11.5 Å². The minimum atomic E-state index is -4.20. The molecule has 1 N–H and O–H groups in total. The molecule has 2 aromatic carbocycles. The molecule has 31 heavy (non-hydrogen) atoms. The zero-order valence-corrected chi connectivity index (χ0v) is 17.0. The van der Waals surface area contributed by atoms with E-state index in [0.29, 0.717) is 11.6 Å². The van der Waals surface area contributed by atoms with E-state index in [1.54, 1.807) is 12.1 Å². The second-order valence-corrected chi connectivity index (χ2v) is 8.93. The lowest BCUT2D eigenvalue weighted by molar-refractivity contribution is -0.121. The fourth-order valence-electron chi connectivity index (χ4n) is 3.35. The van der Waals surface area contributed by atoms with Crippen LogP contribution in [-0.2, 0) is 14.8 Å². The number of rotatable bonds is 5. The molecule has 1 aromatic heterocycles. The molecule has 1 fully saturated rings. The molecule has 1 saturated heterocycles. The molecule has 1 aliphatic rings. The predicted molar refractivity (Wildman–Crippen MR) is 106 cm³/mol. The molecular formula is C20H18F2N4O4S. The number of halogens is 2. The van der Waals surface area contributed by atoms with Gasteiger partial charge < -0.3 is 4.42 Å². The molecule has 2 heterocycles. The number of hydrogen-bond acceptors (Lipinski definition) is 6. The molecule has 1 aliphatic heterocycles. The zero-order valence-electron chi connectivity index (χ0n) is 16.2. The first-order valence-corrected chi connectivity index (χ1v) is 10.9. The van der Waals surface area contributed by atoms with Crippen LogP contribution in [0.25, 0.3) is 11.5 Å². The lowest BCUT2D eigenvalue weighted by atomic mass is 9.97. The van der Waals surface area contributed by atoms with Crippen LogP contribution >= 0.6 is 0 Å². The molecule has 0 saturated carbocycles. The number of hydrogen-bond donors (Lipinski definition) is 1. The number of anilines is 1. The van der Waals surface area contributed by atoms with Crippen LogP contribution in [-0.4, -0.2) is 41.9 Å². The van der Waals surface area contributed by atoms with E-state index in [4.69, 9.17) is 4.42 Å². The second-order valence-electron chi connectivity index (χ2n) is 7.02. The van der Waals surface area contributed by atoms with Crippen LogP contribution in [0, 0.1) is 17.6 Å². The average Bonchev–Trinajstić information content (AvgIpc) is 3.24. The number of benzene rings is 2. The minimum absolute atomic E-state index is 0.00449. The van der Waals surface area contributed by atoms with Gasteiger partial charge in [0.15, 0.2) is 0 Å². The third-order valence-corrected chi connectivity index (χ3v) is 6.93. The second kappa shape index (κ2) is 8.52. The Bertz CT molecular complexity index is 1190. The molecule has 0 unspecified atom stereocenters. The van der Waals surface area contributed by atoms with Crippen LogP contribution < -0.4 is 5.32 Å². The number of amides is 1. The van der Waals surface area contributed by atoms with Gasteiger partial charge in [-0.3, -0.25) is 10.1 Å². The summed E-state index contributed by atoms with van der Waals surface area (Å²) in [6.45, 7) is -0.00898. The number of nitrogens with one attached hydrogen (secondary N) is 1. The molecule has 3 aromatic rings. The smallest absolute Gasteiger partial charge is 0.322 e. The Labute approximate surface area is 176 Å². The topological polar surface area (TPSA) is 105 Å². The molecule has 162 valence electrons. The Kier molecular flexibility index (Phi) is 5.79. The third-order valence-electron chi connectivity index (χ3n) is 5.01. The van der Waals surface area contributed by atoms with Crippen molar-refractivity contribution in [2.24, 2.45) is 5.92 Å². The van der Waals surface area contributed by atoms with Crippen molar-refractivity contribution in [2.45, 2.75) is 17.7 Å². The van der Waals surface area contributed by atoms with E-state index in [1.807, 2.05) is 18.2 Å². The van der Waals surface area contributed by atoms with Crippen molar-refractivity contribution in [3.63, 3.8) is 0 Å². The maximum Gasteiger partial charge on any atom is 0.322 e. The molecule has 8 nitrogen and oxygen atoms in total. The molecule has 0 bridgehead atoms. The van der Waals surface area contributed by atoms with Crippen LogP contribution in [0.1, 0.15) is 12.8 Å². The molecule has 4 rings (SSSR count). The highest BCUT2D eigenvalue weighted by Crippen LogP contribution is 2.27. The highest BCUT2D eigenvalue weighted by molar-refractivity contribution is 7.89. The summed E-state index contributed by atoms with van der Waals surface area (Å²) in [7, 11) is -4.20. The van der Waals surface area contributed by atoms with Crippen molar-refractivity contribution < 1.29 is 26.4 Å². The molecule has 11 heteroatoms. The van der Waals surface area contributed by atoms with Gasteiger partial charge in [-0.2, -0.15) is 4.31 Å². The van der Waals surface area contributed by atoms with Crippen LogP contribution in [0.5, 0.6) is 0 Å². The van der Waals surface area contributed by atoms with E-state index in [0.717, 1.165) is 16.4 Å². The first kappa shape index (κ1) is 21.1. The minimum Gasteiger partial charge on any atom is -0.403 e. The monoisotopic (exact) mass is 448 g/mol. The van der Waals surface area contributed by atoms with Gasteiger partial charge in [0.25, 0.3) is 0 Å². The summed E-state index contributed by atoms with van der Waals surface area (Å²) in [5.74, 6) is -2.47. The number of sulfonamides is 1. The molecule has 0 spiro atoms. The van der Waals surface area contributed by atoms with Gasteiger partial charge in [0.05, 0.1) is 0 Å². The van der Waals surface area contributed by atoms with Gasteiger partial charge in [0.2, 0.25) is 21.8 Å². The number of carbonyl (C=O) groups is 1. The van der Waals surface area contributed by atoms with E-state index in [9.17, 15) is 22.0 Å². The fraction of sp³-hybridized carbons (Fsp3) is 0.250. The summed E-state index contributed by atoms with van der Waals surface area (Å²) < 4.78 is 59.1. The molecule has 0 atom stereocenters. The molecule has 1 amide bonds. The Morgan fingerprint density at radius 1 is 1.06 bits per heavy atom. The van der Waals surface area contributed by atoms with Gasteiger partial charge in [-0.15, -0.1) is 5.10 Å². The first-order valence-electron chi connectivity index (χ1n) is 9.49. The van der Waals surface area contributed by atoms with E-state index in [1.165, 1.54) is 0 Å². The standard InChI is InChI=1S/C20H18F2N4O4S/c21-15-6-7-16(22)17(12-15)31(28,29)26-10-8-13(9-11-26)18(27)23-20-25-24-19(30-20)14-4-2-1-3-5-14/h1-7,12-13H,8-11H2,(H,23,25,27). The average molecular weight is 448 g/mol. The van der Waals surface area contributed by atoms with Crippen LogP contribution in [0.2, 0.25) is 0 Å². The van der Waals surface area contributed by atoms with Gasteiger partial charge in [0.1, 0.15) is 16.5 Å². The van der Waals surface area contributed by atoms with Crippen LogP contribution in [0.15, 0.2) is 57.8 Å². The van der Waals surface area contributed by atoms with Gasteiger partial charge in [-0.1, -0.05) is 23.3 Å². The SMILES string of the molecule is O=C(Nc1nnc(-c2ccccc2)o1)C1CCN(S(=O)(=O)c2cc(F)ccc2F)CC1. The number of piperidine rings is 1. The Balaban J connectivity index is 1.38. The first-order chi connectivity index (χ1) is 14.8. The summed E-state index contributed by atoms with van der Waals surface area (Å²) in [6.07, 6.45) is 0.420. The van der Waals surface area contributed by atoms with E-state index < -0.39 is 32.5 Å². The lowest BCUT2D eigenvalue weighted by Crippen LogP contribution is -2.41. The largest absolute Gasteiger partial charge is 0.403 e. The molecule has 0 radical (unpaired) electrons. The molecule has 0 aliphatic carbocycles. The van der Waals surface area contributed by atoms with E-state index in [2.05, 4.69) is 15.5 Å². The highest BCUT2D eigenvalue weighted by atomic mass is 32.2. The van der Waals surface area contributed by atoms with Crippen molar-refractivity contribution in [2.75, 3.05) is 18.4 Å². The van der Waals surface area contributed by atoms with E-state index in [-0.39, 0.29) is 43.7 Å². The van der Waals surface area contributed by atoms with E-state index >= 15 is 0 Å². The van der Waals surface area contributed by atoms with Gasteiger partial charge in [-0.25, -0.2) is 17.2 Å². The van der Waals surface area contributed by atoms with Crippen molar-refractivity contribution in [1.29, 1.82) is 0 Å². The molecular weight excluding hydrogens is 430 g/mol. The quantitative estimate of drug-likeness (QED) is 0.643. The van der Waals surface area contributed by atoms with Crippen molar-refractivity contribution in [1.82, 2.24) is 14.5 Å². The Morgan fingerprint density at radius 2 is 1.77 bits per heavy atom. The summed E-state index contributed by atoms with van der Waals surface area (Å²) in [4.78, 5) is 11.8. The maximum absolute atomic E-state index is 13.9. The van der Waals surface area contributed by atoms with Crippen molar-refractivity contribution in [3.05, 3.63) is 60.2 Å². The van der Waals surface area contributed by atoms with Crippen LogP contribution in [0.3, 0.4) is 0 Å². The summed E-state index contributed by atoms with van der Waals surface area (Å²) in [6, 6.07) is 11.3. The number of nitrogens with zero attached hydrogens (tertiary/aromatic N) is 3. The van der Waals surface area contributed by atoms with Crippen molar-refractivity contribution >= 4 is 21.9 Å². The Hall–Kier alpha value is -3.18. The fourth-order valence-corrected chi connectivity index (χ4v) is 4.90. The van der Waals surface area contributed by atoms with Crippen LogP contribution in [0.4, 0.5) is 14.8 Å². The predicted octanol–water partition coefficient (Wildman–Crippen LogP) is 3.05. The Morgan fingerprint density at radius 3 is 2.48 bits per heavy atom. The van der Waals surface area contributed by atoms with Gasteiger partial charge >= 0.3 is 6.01 Å². The summed E-state index contributed by atoms with van der Waals surface area (Å²) in [5, 5.41) is 10.2. The van der Waals surface area contributed by atoms with Gasteiger partial charge in [0, 0.05) is 24.6 Å². The third kappa shape index (κ3) is 4.47. The van der Waals surface area contributed by atoms with Gasteiger partial charge in [-0.05, 0) is 43.2 Å². The number of carbonyl (C=O) groups excluding carboxylic acids is 1. The zero-order chi connectivity index (χ0) is 22.0. The number of aromatic nitrogens is 2. The lowest BCUT2D eigenvalue weighted by Gasteiger charge is -2.30. The summed E-state index contributed by atoms with van der Waals surface area (Å²) in [5.41, 5.74) is 0.707.